The summed E-state index contributed by atoms with van der Waals surface area (Å²) in [5, 5.41) is 9.79. The zero-order chi connectivity index (χ0) is 27.1. The van der Waals surface area contributed by atoms with Crippen LogP contribution in [0.25, 0.3) is 6.08 Å². The Morgan fingerprint density at radius 3 is 2.08 bits per heavy atom. The molecule has 0 unspecified atom stereocenters. The molecule has 1 aromatic carbocycles. The number of carbonyl (C=O) groups excluding carboxylic acids is 4. The van der Waals surface area contributed by atoms with Crippen LogP contribution in [0.4, 0.5) is 0 Å². The first-order valence-corrected chi connectivity index (χ1v) is 12.3. The van der Waals surface area contributed by atoms with E-state index in [0.717, 1.165) is 18.4 Å². The van der Waals surface area contributed by atoms with Crippen molar-refractivity contribution >= 4 is 30.0 Å². The molecule has 5 atom stereocenters. The van der Waals surface area contributed by atoms with E-state index in [1.807, 2.05) is 18.2 Å². The monoisotopic (exact) mass is 518 g/mol. The van der Waals surface area contributed by atoms with Gasteiger partial charge in [0.15, 0.2) is 18.3 Å². The van der Waals surface area contributed by atoms with Gasteiger partial charge in [-0.25, -0.2) is 0 Å². The fraction of sp³-hybridized carbons (Fsp3) is 0.556. The molecule has 2 aliphatic rings. The van der Waals surface area contributed by atoms with E-state index in [9.17, 15) is 24.3 Å². The van der Waals surface area contributed by atoms with Gasteiger partial charge in [0.25, 0.3) is 0 Å². The number of hydrogen-bond acceptors (Lipinski definition) is 10. The van der Waals surface area contributed by atoms with E-state index in [-0.39, 0.29) is 12.7 Å². The topological polar surface area (TPSA) is 135 Å². The molecule has 0 aromatic heterocycles. The summed E-state index contributed by atoms with van der Waals surface area (Å²) < 4.78 is 27.9. The molecular formula is C27H34O10. The molecule has 1 saturated heterocycles. The highest BCUT2D eigenvalue weighted by molar-refractivity contribution is 5.69. The number of esters is 4. The molecule has 10 heteroatoms. The predicted octanol–water partition coefficient (Wildman–Crippen LogP) is 2.80. The standard InChI is InChI=1S/C27H34O10/c1-15(28)33-14-23-25(34-16(2)29)27(36-18(4)31)26(35-17(3)30)24(37-23)21-7-5-6-20(13-21)12-19-8-10-22(32)11-9-19/h5-7,12-13,22-27,32H,8-11,14H2,1-4H3/t22?,23-,24+,25-,26+,27+/m1/s1. The Morgan fingerprint density at radius 2 is 1.49 bits per heavy atom. The Kier molecular flexibility index (Phi) is 9.82. The third-order valence-corrected chi connectivity index (χ3v) is 6.20. The van der Waals surface area contributed by atoms with E-state index in [1.165, 1.54) is 33.3 Å². The van der Waals surface area contributed by atoms with Gasteiger partial charge in [-0.3, -0.25) is 19.2 Å². The quantitative estimate of drug-likeness (QED) is 0.424. The number of ether oxygens (including phenoxy) is 5. The summed E-state index contributed by atoms with van der Waals surface area (Å²) in [5.41, 5.74) is 2.73. The average molecular weight is 519 g/mol. The van der Waals surface area contributed by atoms with Crippen molar-refractivity contribution in [2.45, 2.75) is 90.0 Å². The molecule has 1 saturated carbocycles. The van der Waals surface area contributed by atoms with Crippen molar-refractivity contribution in [1.82, 2.24) is 0 Å². The van der Waals surface area contributed by atoms with Crippen LogP contribution in [0, 0.1) is 0 Å². The summed E-state index contributed by atoms with van der Waals surface area (Å²) >= 11 is 0. The highest BCUT2D eigenvalue weighted by Crippen LogP contribution is 2.38. The Bertz CT molecular complexity index is 1020. The number of aliphatic hydroxyl groups excluding tert-OH is 1. The first-order valence-electron chi connectivity index (χ1n) is 12.3. The Labute approximate surface area is 215 Å². The van der Waals surface area contributed by atoms with Gasteiger partial charge in [-0.2, -0.15) is 0 Å². The normalized spacial score (nSPS) is 27.5. The van der Waals surface area contributed by atoms with Gasteiger partial charge in [0.2, 0.25) is 0 Å². The van der Waals surface area contributed by atoms with Crippen LogP contribution in [0.3, 0.4) is 0 Å². The summed E-state index contributed by atoms with van der Waals surface area (Å²) in [6.45, 7) is 4.54. The molecule has 2 fully saturated rings. The Morgan fingerprint density at radius 1 is 0.892 bits per heavy atom. The maximum atomic E-state index is 12.1. The van der Waals surface area contributed by atoms with Crippen molar-refractivity contribution in [1.29, 1.82) is 0 Å². The van der Waals surface area contributed by atoms with Crippen molar-refractivity contribution in [3.05, 3.63) is 41.0 Å². The van der Waals surface area contributed by atoms with E-state index in [2.05, 4.69) is 6.08 Å². The van der Waals surface area contributed by atoms with E-state index in [0.29, 0.717) is 18.4 Å². The van der Waals surface area contributed by atoms with Crippen molar-refractivity contribution in [3.8, 4) is 0 Å². The van der Waals surface area contributed by atoms with Gasteiger partial charge >= 0.3 is 23.9 Å². The van der Waals surface area contributed by atoms with Crippen molar-refractivity contribution in [3.63, 3.8) is 0 Å². The molecule has 202 valence electrons. The van der Waals surface area contributed by atoms with Gasteiger partial charge in [0, 0.05) is 27.7 Å². The van der Waals surface area contributed by atoms with Crippen molar-refractivity contribution < 1.29 is 48.0 Å². The molecule has 0 amide bonds. The van der Waals surface area contributed by atoms with Crippen LogP contribution in [0.1, 0.15) is 70.6 Å². The zero-order valence-corrected chi connectivity index (χ0v) is 21.5. The summed E-state index contributed by atoms with van der Waals surface area (Å²) in [6, 6.07) is 7.41. The van der Waals surface area contributed by atoms with Crippen LogP contribution in [0.5, 0.6) is 0 Å². The van der Waals surface area contributed by atoms with Crippen LogP contribution in [0.2, 0.25) is 0 Å². The third-order valence-electron chi connectivity index (χ3n) is 6.20. The van der Waals surface area contributed by atoms with Crippen LogP contribution in [-0.2, 0) is 42.9 Å². The minimum absolute atomic E-state index is 0.277. The second kappa shape index (κ2) is 12.8. The second-order valence-electron chi connectivity index (χ2n) is 9.32. The molecule has 1 N–H and O–H groups in total. The summed E-state index contributed by atoms with van der Waals surface area (Å²) in [6.07, 6.45) is -0.686. The molecule has 0 spiro atoms. The molecule has 1 heterocycles. The second-order valence-corrected chi connectivity index (χ2v) is 9.32. The lowest BCUT2D eigenvalue weighted by Crippen LogP contribution is -2.59. The maximum absolute atomic E-state index is 12.1. The molecule has 0 bridgehead atoms. The first-order chi connectivity index (χ1) is 17.5. The lowest BCUT2D eigenvalue weighted by atomic mass is 9.88. The lowest BCUT2D eigenvalue weighted by Gasteiger charge is -2.44. The van der Waals surface area contributed by atoms with Gasteiger partial charge < -0.3 is 28.8 Å². The van der Waals surface area contributed by atoms with Crippen LogP contribution in [0.15, 0.2) is 29.8 Å². The minimum atomic E-state index is -1.22. The molecule has 1 aliphatic carbocycles. The molecule has 0 radical (unpaired) electrons. The highest BCUT2D eigenvalue weighted by atomic mass is 16.7. The number of rotatable bonds is 7. The Hall–Kier alpha value is -3.24. The fourth-order valence-electron chi connectivity index (χ4n) is 4.68. The number of hydrogen-bond donors (Lipinski definition) is 1. The van der Waals surface area contributed by atoms with Gasteiger partial charge in [0.1, 0.15) is 18.8 Å². The highest BCUT2D eigenvalue weighted by Gasteiger charge is 2.52. The van der Waals surface area contributed by atoms with Crippen molar-refractivity contribution in [2.75, 3.05) is 6.61 Å². The van der Waals surface area contributed by atoms with E-state index in [1.54, 1.807) is 6.07 Å². The van der Waals surface area contributed by atoms with Gasteiger partial charge in [-0.05, 0) is 42.9 Å². The number of benzene rings is 1. The number of carbonyl (C=O) groups is 4. The molecule has 37 heavy (non-hydrogen) atoms. The van der Waals surface area contributed by atoms with Gasteiger partial charge in [-0.15, -0.1) is 0 Å². The van der Waals surface area contributed by atoms with E-state index < -0.39 is 54.4 Å². The van der Waals surface area contributed by atoms with E-state index >= 15 is 0 Å². The molecule has 3 rings (SSSR count). The number of allylic oxidation sites excluding steroid dienone is 1. The molecule has 10 nitrogen and oxygen atoms in total. The fourth-order valence-corrected chi connectivity index (χ4v) is 4.68. The SMILES string of the molecule is CC(=O)OC[C@H]1O[C@@H](c2cccc(C=C3CCC(O)CC3)c2)[C@H](OC(C)=O)[C@@H](OC(C)=O)[C@@H]1OC(C)=O. The van der Waals surface area contributed by atoms with E-state index in [4.69, 9.17) is 23.7 Å². The third kappa shape index (κ3) is 8.13. The molecular weight excluding hydrogens is 484 g/mol. The molecule has 1 aliphatic heterocycles. The first kappa shape index (κ1) is 28.3. The maximum Gasteiger partial charge on any atom is 0.303 e. The van der Waals surface area contributed by atoms with Gasteiger partial charge in [-0.1, -0.05) is 29.8 Å². The number of aliphatic hydroxyl groups is 1. The predicted molar refractivity (Wildman–Crippen MR) is 130 cm³/mol. The summed E-state index contributed by atoms with van der Waals surface area (Å²) in [4.78, 5) is 47.5. The summed E-state index contributed by atoms with van der Waals surface area (Å²) in [5.74, 6) is -2.57. The van der Waals surface area contributed by atoms with Gasteiger partial charge in [0.05, 0.1) is 6.10 Å². The van der Waals surface area contributed by atoms with Crippen LogP contribution < -0.4 is 0 Å². The van der Waals surface area contributed by atoms with Crippen LogP contribution in [-0.4, -0.2) is 66.1 Å². The van der Waals surface area contributed by atoms with Crippen LogP contribution >= 0.6 is 0 Å². The minimum Gasteiger partial charge on any atom is -0.463 e. The summed E-state index contributed by atoms with van der Waals surface area (Å²) in [7, 11) is 0. The largest absolute Gasteiger partial charge is 0.463 e. The smallest absolute Gasteiger partial charge is 0.303 e. The van der Waals surface area contributed by atoms with Crippen molar-refractivity contribution in [2.24, 2.45) is 0 Å². The lowest BCUT2D eigenvalue weighted by molar-refractivity contribution is -0.254. The average Bonchev–Trinajstić information content (AvgIpc) is 2.81. The Balaban J connectivity index is 2.01. The zero-order valence-electron chi connectivity index (χ0n) is 21.5. The molecule has 1 aromatic rings.